The molecule has 1 aromatic rings. The van der Waals surface area contributed by atoms with E-state index in [4.69, 9.17) is 37.8 Å². The average Bonchev–Trinajstić information content (AvgIpc) is 2.24. The van der Waals surface area contributed by atoms with Crippen LogP contribution in [0.2, 0.25) is 10.0 Å². The minimum absolute atomic E-state index is 0.0382. The van der Waals surface area contributed by atoms with Gasteiger partial charge in [-0.15, -0.1) is 0 Å². The lowest BCUT2D eigenvalue weighted by Gasteiger charge is -2.08. The first kappa shape index (κ1) is 15.5. The Morgan fingerprint density at radius 1 is 1.17 bits per heavy atom. The van der Waals surface area contributed by atoms with E-state index in [1.54, 1.807) is 18.2 Å². The number of hydrogen-bond donors (Lipinski definition) is 1. The van der Waals surface area contributed by atoms with Crippen LogP contribution in [0.15, 0.2) is 18.2 Å². The molecule has 0 radical (unpaired) electrons. The quantitative estimate of drug-likeness (QED) is 0.777. The van der Waals surface area contributed by atoms with Crippen LogP contribution in [0.4, 0.5) is 0 Å². The summed E-state index contributed by atoms with van der Waals surface area (Å²) in [4.78, 5) is 0. The van der Waals surface area contributed by atoms with E-state index >= 15 is 0 Å². The van der Waals surface area contributed by atoms with Crippen molar-refractivity contribution in [3.8, 4) is 5.75 Å². The minimum Gasteiger partial charge on any atom is -0.490 e. The van der Waals surface area contributed by atoms with Crippen LogP contribution in [-0.4, -0.2) is 34.0 Å². The zero-order valence-electron chi connectivity index (χ0n) is 9.43. The van der Waals surface area contributed by atoms with Crippen LogP contribution in [0.5, 0.6) is 5.75 Å². The van der Waals surface area contributed by atoms with E-state index < -0.39 is 10.0 Å². The molecule has 18 heavy (non-hydrogen) atoms. The number of halogens is 2. The molecule has 0 saturated heterocycles. The lowest BCUT2D eigenvalue weighted by molar-refractivity contribution is 0.111. The number of sulfonamides is 1. The molecule has 0 heterocycles. The molecule has 8 heteroatoms. The second-order valence-electron chi connectivity index (χ2n) is 3.40. The first-order chi connectivity index (χ1) is 8.38. The molecule has 0 saturated carbocycles. The summed E-state index contributed by atoms with van der Waals surface area (Å²) >= 11 is 11.6. The number of nitrogens with two attached hydrogens (primary N) is 1. The van der Waals surface area contributed by atoms with Crippen molar-refractivity contribution in [2.24, 2.45) is 5.14 Å². The highest BCUT2D eigenvalue weighted by Gasteiger charge is 2.03. The largest absolute Gasteiger partial charge is 0.490 e. The van der Waals surface area contributed by atoms with Gasteiger partial charge in [-0.3, -0.25) is 0 Å². The Morgan fingerprint density at radius 3 is 2.50 bits per heavy atom. The number of benzene rings is 1. The molecule has 0 atom stereocenters. The van der Waals surface area contributed by atoms with Gasteiger partial charge in [0.15, 0.2) is 0 Å². The van der Waals surface area contributed by atoms with Crippen molar-refractivity contribution in [3.63, 3.8) is 0 Å². The molecule has 0 bridgehead atoms. The lowest BCUT2D eigenvalue weighted by atomic mass is 10.3. The lowest BCUT2D eigenvalue weighted by Crippen LogP contribution is -2.21. The van der Waals surface area contributed by atoms with Gasteiger partial charge in [-0.25, -0.2) is 13.6 Å². The molecule has 0 unspecified atom stereocenters. The zero-order chi connectivity index (χ0) is 13.6. The monoisotopic (exact) mass is 313 g/mol. The molecule has 0 aromatic heterocycles. The molecular formula is C10H13Cl2NO4S. The fraction of sp³-hybridized carbons (Fsp3) is 0.400. The molecule has 0 aliphatic carbocycles. The Kier molecular flexibility index (Phi) is 6.17. The van der Waals surface area contributed by atoms with Crippen LogP contribution in [0, 0.1) is 0 Å². The highest BCUT2D eigenvalue weighted by molar-refractivity contribution is 7.89. The predicted octanol–water partition coefficient (Wildman–Crippen LogP) is 1.68. The number of primary sulfonamides is 1. The third-order valence-corrected chi connectivity index (χ3v) is 3.16. The summed E-state index contributed by atoms with van der Waals surface area (Å²) in [7, 11) is -3.48. The highest BCUT2D eigenvalue weighted by Crippen LogP contribution is 2.27. The van der Waals surface area contributed by atoms with Gasteiger partial charge in [0.25, 0.3) is 0 Å². The fourth-order valence-corrected chi connectivity index (χ4v) is 1.89. The van der Waals surface area contributed by atoms with Crippen molar-refractivity contribution in [3.05, 3.63) is 28.2 Å². The van der Waals surface area contributed by atoms with Crippen LogP contribution in [0.25, 0.3) is 0 Å². The number of hydrogen-bond acceptors (Lipinski definition) is 4. The Balaban J connectivity index is 2.22. The summed E-state index contributed by atoms with van der Waals surface area (Å²) in [6.07, 6.45) is 0. The van der Waals surface area contributed by atoms with Gasteiger partial charge in [0.1, 0.15) is 12.4 Å². The Hall–Kier alpha value is -0.530. The molecule has 0 aliphatic rings. The van der Waals surface area contributed by atoms with Crippen LogP contribution in [0.1, 0.15) is 0 Å². The smallest absolute Gasteiger partial charge is 0.211 e. The van der Waals surface area contributed by atoms with Crippen molar-refractivity contribution in [1.29, 1.82) is 0 Å². The summed E-state index contributed by atoms with van der Waals surface area (Å²) in [6, 6.07) is 4.87. The normalized spacial score (nSPS) is 11.5. The Morgan fingerprint density at radius 2 is 1.89 bits per heavy atom. The second kappa shape index (κ2) is 7.16. The molecule has 0 aliphatic heterocycles. The maximum absolute atomic E-state index is 10.6. The first-order valence-corrected chi connectivity index (χ1v) is 7.52. The van der Waals surface area contributed by atoms with Crippen molar-refractivity contribution >= 4 is 33.2 Å². The molecule has 0 fully saturated rings. The predicted molar refractivity (Wildman–Crippen MR) is 70.8 cm³/mol. The van der Waals surface area contributed by atoms with E-state index in [1.807, 2.05) is 0 Å². The van der Waals surface area contributed by atoms with Crippen LogP contribution < -0.4 is 9.88 Å². The van der Waals surface area contributed by atoms with Gasteiger partial charge in [-0.05, 0) is 18.2 Å². The number of ether oxygens (including phenoxy) is 2. The van der Waals surface area contributed by atoms with Gasteiger partial charge in [-0.2, -0.15) is 0 Å². The molecule has 2 N–H and O–H groups in total. The summed E-state index contributed by atoms with van der Waals surface area (Å²) in [5.41, 5.74) is 0. The van der Waals surface area contributed by atoms with Crippen molar-refractivity contribution in [1.82, 2.24) is 0 Å². The summed E-state index contributed by atoms with van der Waals surface area (Å²) < 4.78 is 31.6. The summed E-state index contributed by atoms with van der Waals surface area (Å²) in [5.74, 6) is 0.283. The standard InChI is InChI=1S/C10H13Cl2NO4S/c11-8-1-2-10(9(12)7-8)17-4-3-16-5-6-18(13,14)15/h1-2,7H,3-6H2,(H2,13,14,15). The van der Waals surface area contributed by atoms with Crippen LogP contribution in [0.3, 0.4) is 0 Å². The zero-order valence-corrected chi connectivity index (χ0v) is 11.8. The van der Waals surface area contributed by atoms with E-state index in [-0.39, 0.29) is 25.6 Å². The fourth-order valence-electron chi connectivity index (χ4n) is 1.08. The molecule has 1 rings (SSSR count). The van der Waals surface area contributed by atoms with Crippen LogP contribution in [-0.2, 0) is 14.8 Å². The van der Waals surface area contributed by atoms with Crippen molar-refractivity contribution in [2.75, 3.05) is 25.6 Å². The van der Waals surface area contributed by atoms with E-state index in [9.17, 15) is 8.42 Å². The number of rotatable bonds is 7. The topological polar surface area (TPSA) is 78.6 Å². The van der Waals surface area contributed by atoms with Crippen LogP contribution >= 0.6 is 23.2 Å². The Labute approximate surface area is 116 Å². The van der Waals surface area contributed by atoms with E-state index in [1.165, 1.54) is 0 Å². The third kappa shape index (κ3) is 6.42. The van der Waals surface area contributed by atoms with E-state index in [0.717, 1.165) is 0 Å². The maximum Gasteiger partial charge on any atom is 0.211 e. The van der Waals surface area contributed by atoms with Crippen molar-refractivity contribution in [2.45, 2.75) is 0 Å². The minimum atomic E-state index is -3.48. The van der Waals surface area contributed by atoms with Gasteiger partial charge in [0, 0.05) is 5.02 Å². The molecular weight excluding hydrogens is 301 g/mol. The van der Waals surface area contributed by atoms with Gasteiger partial charge in [0.05, 0.1) is 24.0 Å². The second-order valence-corrected chi connectivity index (χ2v) is 5.98. The van der Waals surface area contributed by atoms with E-state index in [0.29, 0.717) is 15.8 Å². The van der Waals surface area contributed by atoms with Gasteiger partial charge in [0.2, 0.25) is 10.0 Å². The van der Waals surface area contributed by atoms with Gasteiger partial charge in [-0.1, -0.05) is 23.2 Å². The maximum atomic E-state index is 10.6. The molecule has 0 amide bonds. The highest BCUT2D eigenvalue weighted by atomic mass is 35.5. The molecule has 5 nitrogen and oxygen atoms in total. The molecule has 102 valence electrons. The SMILES string of the molecule is NS(=O)(=O)CCOCCOc1ccc(Cl)cc1Cl. The van der Waals surface area contributed by atoms with Crippen molar-refractivity contribution < 1.29 is 17.9 Å². The molecule has 1 aromatic carbocycles. The summed E-state index contributed by atoms with van der Waals surface area (Å²) in [6.45, 7) is 0.539. The van der Waals surface area contributed by atoms with Gasteiger partial charge < -0.3 is 9.47 Å². The Bertz CT molecular complexity index is 493. The summed E-state index contributed by atoms with van der Waals surface area (Å²) in [5, 5.41) is 5.74. The average molecular weight is 314 g/mol. The first-order valence-electron chi connectivity index (χ1n) is 5.04. The van der Waals surface area contributed by atoms with E-state index in [2.05, 4.69) is 0 Å². The third-order valence-electron chi connectivity index (χ3n) is 1.89. The molecule has 0 spiro atoms. The van der Waals surface area contributed by atoms with Gasteiger partial charge >= 0.3 is 0 Å².